The normalized spacial score (nSPS) is 10.7. The summed E-state index contributed by atoms with van der Waals surface area (Å²) in [6, 6.07) is 17.7. The molecule has 170 valence electrons. The van der Waals surface area contributed by atoms with Gasteiger partial charge in [0.2, 0.25) is 0 Å². The first kappa shape index (κ1) is 23.5. The highest BCUT2D eigenvalue weighted by Gasteiger charge is 2.20. The highest BCUT2D eigenvalue weighted by molar-refractivity contribution is 7.92. The van der Waals surface area contributed by atoms with Crippen molar-refractivity contribution in [3.63, 3.8) is 0 Å². The second kappa shape index (κ2) is 9.96. The van der Waals surface area contributed by atoms with Crippen molar-refractivity contribution in [3.8, 4) is 0 Å². The third-order valence-electron chi connectivity index (χ3n) is 4.50. The summed E-state index contributed by atoms with van der Waals surface area (Å²) in [7, 11) is -1.58. The molecule has 0 aliphatic carbocycles. The molecule has 0 fully saturated rings. The Kier molecular flexibility index (Phi) is 7.09. The number of nitrogens with one attached hydrogen (secondary N) is 2. The molecule has 0 aliphatic heterocycles. The summed E-state index contributed by atoms with van der Waals surface area (Å²) < 4.78 is 37.2. The van der Waals surface area contributed by atoms with Crippen LogP contribution in [0.5, 0.6) is 0 Å². The minimum atomic E-state index is -3.94. The van der Waals surface area contributed by atoms with Crippen LogP contribution in [-0.2, 0) is 19.5 Å². The number of anilines is 2. The summed E-state index contributed by atoms with van der Waals surface area (Å²) in [5.41, 5.74) is 0.239. The van der Waals surface area contributed by atoms with Crippen LogP contribution in [0, 0.1) is 0 Å². The summed E-state index contributed by atoms with van der Waals surface area (Å²) in [5, 5.41) is 2.57. The minimum absolute atomic E-state index is 0.0220. The minimum Gasteiger partial charge on any atom is -0.465 e. The zero-order valence-electron chi connectivity index (χ0n) is 17.7. The van der Waals surface area contributed by atoms with E-state index in [0.717, 1.165) is 0 Å². The van der Waals surface area contributed by atoms with Crippen molar-refractivity contribution in [2.24, 2.45) is 0 Å². The molecule has 0 atom stereocenters. The van der Waals surface area contributed by atoms with Crippen molar-refractivity contribution in [2.75, 3.05) is 24.3 Å². The summed E-state index contributed by atoms with van der Waals surface area (Å²) in [6.07, 6.45) is 0. The first-order chi connectivity index (χ1) is 15.7. The average Bonchev–Trinajstić information content (AvgIpc) is 2.83. The lowest BCUT2D eigenvalue weighted by Gasteiger charge is -2.14. The highest BCUT2D eigenvalue weighted by Crippen LogP contribution is 2.23. The lowest BCUT2D eigenvalue weighted by Crippen LogP contribution is -2.19. The molecule has 0 spiro atoms. The number of rotatable bonds is 7. The van der Waals surface area contributed by atoms with E-state index < -0.39 is 27.9 Å². The number of carbonyl (C=O) groups is 3. The van der Waals surface area contributed by atoms with Gasteiger partial charge >= 0.3 is 11.9 Å². The second-order valence-electron chi connectivity index (χ2n) is 6.70. The van der Waals surface area contributed by atoms with E-state index in [1.54, 1.807) is 30.3 Å². The quantitative estimate of drug-likeness (QED) is 0.509. The van der Waals surface area contributed by atoms with Gasteiger partial charge in [0.05, 0.1) is 41.5 Å². The van der Waals surface area contributed by atoms with E-state index in [0.29, 0.717) is 0 Å². The maximum Gasteiger partial charge on any atom is 0.337 e. The fourth-order valence-electron chi connectivity index (χ4n) is 2.94. The molecule has 0 aliphatic rings. The molecule has 0 heterocycles. The zero-order valence-corrected chi connectivity index (χ0v) is 18.5. The summed E-state index contributed by atoms with van der Waals surface area (Å²) >= 11 is 0. The Hall–Kier alpha value is -4.18. The van der Waals surface area contributed by atoms with Gasteiger partial charge in [-0.1, -0.05) is 30.3 Å². The topological polar surface area (TPSA) is 128 Å². The molecular formula is C23H20N2O7S. The van der Waals surface area contributed by atoms with E-state index in [1.165, 1.54) is 56.7 Å². The number of ether oxygens (including phenoxy) is 2. The van der Waals surface area contributed by atoms with Gasteiger partial charge < -0.3 is 14.8 Å². The van der Waals surface area contributed by atoms with E-state index in [-0.39, 0.29) is 33.0 Å². The predicted octanol–water partition coefficient (Wildman–Crippen LogP) is 3.31. The molecule has 3 rings (SSSR count). The van der Waals surface area contributed by atoms with Gasteiger partial charge in [0.1, 0.15) is 0 Å². The summed E-state index contributed by atoms with van der Waals surface area (Å²) in [6.45, 7) is 0. The molecule has 10 heteroatoms. The van der Waals surface area contributed by atoms with Crippen LogP contribution in [0.15, 0.2) is 77.7 Å². The number of hydrogen-bond acceptors (Lipinski definition) is 7. The van der Waals surface area contributed by atoms with E-state index in [2.05, 4.69) is 19.5 Å². The summed E-state index contributed by atoms with van der Waals surface area (Å²) in [5.74, 6) is -2.10. The second-order valence-corrected chi connectivity index (χ2v) is 8.38. The van der Waals surface area contributed by atoms with E-state index in [4.69, 9.17) is 0 Å². The molecule has 3 aromatic rings. The standard InChI is InChI=1S/C23H20N2O7S/c1-31-22(27)15-12-16(23(28)32-2)14-17(13-15)24-21(26)19-10-6-7-11-20(19)25-33(29,30)18-8-4-3-5-9-18/h3-14,25H,1-2H3,(H,24,26). The Labute approximate surface area is 190 Å². The number of sulfonamides is 1. The van der Waals surface area contributed by atoms with Crippen molar-refractivity contribution in [1.82, 2.24) is 0 Å². The third-order valence-corrected chi connectivity index (χ3v) is 5.88. The smallest absolute Gasteiger partial charge is 0.337 e. The van der Waals surface area contributed by atoms with Crippen LogP contribution in [0.3, 0.4) is 0 Å². The van der Waals surface area contributed by atoms with Gasteiger partial charge in [-0.3, -0.25) is 9.52 Å². The molecule has 0 unspecified atom stereocenters. The number of amides is 1. The molecule has 2 N–H and O–H groups in total. The maximum atomic E-state index is 13.0. The van der Waals surface area contributed by atoms with Crippen molar-refractivity contribution in [2.45, 2.75) is 4.90 Å². The van der Waals surface area contributed by atoms with Crippen LogP contribution in [-0.4, -0.2) is 40.5 Å². The van der Waals surface area contributed by atoms with Crippen LogP contribution in [0.2, 0.25) is 0 Å². The van der Waals surface area contributed by atoms with Crippen LogP contribution in [0.4, 0.5) is 11.4 Å². The monoisotopic (exact) mass is 468 g/mol. The van der Waals surface area contributed by atoms with Gasteiger partial charge in [-0.25, -0.2) is 18.0 Å². The molecule has 3 aromatic carbocycles. The maximum absolute atomic E-state index is 13.0. The highest BCUT2D eigenvalue weighted by atomic mass is 32.2. The van der Waals surface area contributed by atoms with Gasteiger partial charge in [0, 0.05) is 5.69 Å². The molecular weight excluding hydrogens is 448 g/mol. The number of hydrogen-bond donors (Lipinski definition) is 2. The fourth-order valence-corrected chi connectivity index (χ4v) is 4.04. The fraction of sp³-hybridized carbons (Fsp3) is 0.0870. The molecule has 0 radical (unpaired) electrons. The van der Waals surface area contributed by atoms with E-state index in [1.807, 2.05) is 0 Å². The molecule has 33 heavy (non-hydrogen) atoms. The Morgan fingerprint density at radius 1 is 0.758 bits per heavy atom. The van der Waals surface area contributed by atoms with Gasteiger partial charge in [-0.2, -0.15) is 0 Å². The predicted molar refractivity (Wildman–Crippen MR) is 121 cm³/mol. The van der Waals surface area contributed by atoms with E-state index in [9.17, 15) is 22.8 Å². The van der Waals surface area contributed by atoms with Gasteiger partial charge in [0.15, 0.2) is 0 Å². The Morgan fingerprint density at radius 2 is 1.30 bits per heavy atom. The lowest BCUT2D eigenvalue weighted by atomic mass is 10.1. The molecule has 0 saturated heterocycles. The molecule has 0 saturated carbocycles. The first-order valence-electron chi connectivity index (χ1n) is 9.55. The number of methoxy groups -OCH3 is 2. The van der Waals surface area contributed by atoms with E-state index >= 15 is 0 Å². The van der Waals surface area contributed by atoms with Crippen LogP contribution in [0.1, 0.15) is 31.1 Å². The number of benzene rings is 3. The number of esters is 2. The zero-order chi connectivity index (χ0) is 24.0. The van der Waals surface area contributed by atoms with Gasteiger partial charge in [0.25, 0.3) is 15.9 Å². The van der Waals surface area contributed by atoms with Crippen molar-refractivity contribution >= 4 is 39.2 Å². The van der Waals surface area contributed by atoms with Gasteiger partial charge in [-0.15, -0.1) is 0 Å². The lowest BCUT2D eigenvalue weighted by molar-refractivity contribution is 0.0598. The van der Waals surface area contributed by atoms with Crippen LogP contribution in [0.25, 0.3) is 0 Å². The molecule has 1 amide bonds. The summed E-state index contributed by atoms with van der Waals surface area (Å²) in [4.78, 5) is 36.9. The first-order valence-corrected chi connectivity index (χ1v) is 11.0. The average molecular weight is 468 g/mol. The van der Waals surface area contributed by atoms with Gasteiger partial charge in [-0.05, 0) is 42.5 Å². The van der Waals surface area contributed by atoms with Crippen LogP contribution < -0.4 is 10.0 Å². The number of carbonyl (C=O) groups excluding carboxylic acids is 3. The Balaban J connectivity index is 1.93. The Morgan fingerprint density at radius 3 is 1.88 bits per heavy atom. The van der Waals surface area contributed by atoms with Crippen molar-refractivity contribution in [1.29, 1.82) is 0 Å². The van der Waals surface area contributed by atoms with Crippen LogP contribution >= 0.6 is 0 Å². The molecule has 0 aromatic heterocycles. The van der Waals surface area contributed by atoms with Crippen molar-refractivity contribution in [3.05, 3.63) is 89.5 Å². The molecule has 0 bridgehead atoms. The third kappa shape index (κ3) is 5.55. The van der Waals surface area contributed by atoms with Crippen molar-refractivity contribution < 1.29 is 32.3 Å². The number of para-hydroxylation sites is 1. The largest absolute Gasteiger partial charge is 0.465 e. The SMILES string of the molecule is COC(=O)c1cc(NC(=O)c2ccccc2NS(=O)(=O)c2ccccc2)cc(C(=O)OC)c1. The molecule has 9 nitrogen and oxygen atoms in total. The Bertz CT molecular complexity index is 1270.